The van der Waals surface area contributed by atoms with Crippen molar-refractivity contribution in [3.05, 3.63) is 0 Å². The monoisotopic (exact) mass is 174 g/mol. The standard InChI is InChI=1S/C9H22OSi/c1-7-8-9(2,3)10-11(4,5)6/h7-8H2,1-6H3. The minimum absolute atomic E-state index is 0.0965. The first-order chi connectivity index (χ1) is 4.77. The molecule has 0 atom stereocenters. The maximum absolute atomic E-state index is 6.00. The van der Waals surface area contributed by atoms with E-state index in [4.69, 9.17) is 4.43 Å². The van der Waals surface area contributed by atoms with Gasteiger partial charge in [-0.3, -0.25) is 0 Å². The molecule has 0 heterocycles. The first kappa shape index (κ1) is 11.2. The van der Waals surface area contributed by atoms with Crippen LogP contribution in [-0.4, -0.2) is 13.9 Å². The average molecular weight is 174 g/mol. The van der Waals surface area contributed by atoms with Crippen LogP contribution in [0.1, 0.15) is 33.6 Å². The van der Waals surface area contributed by atoms with Crippen LogP contribution in [0.15, 0.2) is 0 Å². The molecule has 1 nitrogen and oxygen atoms in total. The van der Waals surface area contributed by atoms with E-state index in [9.17, 15) is 0 Å². The van der Waals surface area contributed by atoms with E-state index in [2.05, 4.69) is 40.4 Å². The topological polar surface area (TPSA) is 9.23 Å². The Labute approximate surface area is 72.3 Å². The minimum Gasteiger partial charge on any atom is -0.413 e. The van der Waals surface area contributed by atoms with Gasteiger partial charge in [-0.05, 0) is 39.9 Å². The highest BCUT2D eigenvalue weighted by Crippen LogP contribution is 2.21. The molecule has 0 rings (SSSR count). The summed E-state index contributed by atoms with van der Waals surface area (Å²) < 4.78 is 6.00. The normalized spacial score (nSPS) is 13.6. The fourth-order valence-corrected chi connectivity index (χ4v) is 3.24. The molecule has 0 amide bonds. The molecule has 0 aromatic carbocycles. The van der Waals surface area contributed by atoms with Gasteiger partial charge in [0.05, 0.1) is 5.60 Å². The first-order valence-electron chi connectivity index (χ1n) is 4.47. The zero-order valence-corrected chi connectivity index (χ0v) is 9.82. The molecule has 0 unspecified atom stereocenters. The Morgan fingerprint density at radius 2 is 1.64 bits per heavy atom. The summed E-state index contributed by atoms with van der Waals surface area (Å²) in [7, 11) is -1.33. The van der Waals surface area contributed by atoms with Gasteiger partial charge in [0.25, 0.3) is 0 Å². The summed E-state index contributed by atoms with van der Waals surface area (Å²) in [5.41, 5.74) is 0.0965. The van der Waals surface area contributed by atoms with E-state index >= 15 is 0 Å². The van der Waals surface area contributed by atoms with Crippen LogP contribution >= 0.6 is 0 Å². The second-order valence-electron chi connectivity index (χ2n) is 4.72. The summed E-state index contributed by atoms with van der Waals surface area (Å²) >= 11 is 0. The molecule has 0 saturated heterocycles. The lowest BCUT2D eigenvalue weighted by molar-refractivity contribution is 0.0905. The predicted molar refractivity (Wildman–Crippen MR) is 53.4 cm³/mol. The minimum atomic E-state index is -1.33. The van der Waals surface area contributed by atoms with Crippen LogP contribution in [0.4, 0.5) is 0 Å². The maximum Gasteiger partial charge on any atom is 0.184 e. The fraction of sp³-hybridized carbons (Fsp3) is 1.00. The summed E-state index contributed by atoms with van der Waals surface area (Å²) in [5, 5.41) is 0. The first-order valence-corrected chi connectivity index (χ1v) is 7.88. The zero-order chi connectivity index (χ0) is 9.12. The highest BCUT2D eigenvalue weighted by molar-refractivity contribution is 6.69. The molecule has 0 spiro atoms. The van der Waals surface area contributed by atoms with Crippen molar-refractivity contribution in [1.82, 2.24) is 0 Å². The van der Waals surface area contributed by atoms with Gasteiger partial charge in [-0.1, -0.05) is 13.3 Å². The van der Waals surface area contributed by atoms with Crippen LogP contribution in [0.2, 0.25) is 19.6 Å². The van der Waals surface area contributed by atoms with E-state index in [-0.39, 0.29) is 5.60 Å². The molecule has 2 heteroatoms. The molecule has 0 aromatic rings. The third kappa shape index (κ3) is 6.57. The third-order valence-electron chi connectivity index (χ3n) is 1.43. The quantitative estimate of drug-likeness (QED) is 0.593. The van der Waals surface area contributed by atoms with Crippen LogP contribution in [0.25, 0.3) is 0 Å². The summed E-state index contributed by atoms with van der Waals surface area (Å²) in [5.74, 6) is 0. The molecule has 0 N–H and O–H groups in total. The molecule has 0 aromatic heterocycles. The van der Waals surface area contributed by atoms with Gasteiger partial charge in [0, 0.05) is 0 Å². The van der Waals surface area contributed by atoms with Crippen molar-refractivity contribution in [2.45, 2.75) is 58.9 Å². The third-order valence-corrected chi connectivity index (χ3v) is 2.60. The molecule has 0 fully saturated rings. The van der Waals surface area contributed by atoms with Crippen LogP contribution < -0.4 is 0 Å². The highest BCUT2D eigenvalue weighted by Gasteiger charge is 2.25. The van der Waals surface area contributed by atoms with E-state index in [1.165, 1.54) is 6.42 Å². The second-order valence-corrected chi connectivity index (χ2v) is 9.15. The maximum atomic E-state index is 6.00. The second kappa shape index (κ2) is 3.72. The van der Waals surface area contributed by atoms with Crippen molar-refractivity contribution in [1.29, 1.82) is 0 Å². The average Bonchev–Trinajstić information content (AvgIpc) is 1.55. The van der Waals surface area contributed by atoms with Crippen molar-refractivity contribution in [2.75, 3.05) is 0 Å². The number of hydrogen-bond donors (Lipinski definition) is 0. The Bertz CT molecular complexity index is 113. The van der Waals surface area contributed by atoms with Crippen LogP contribution in [0, 0.1) is 0 Å². The van der Waals surface area contributed by atoms with E-state index in [0.29, 0.717) is 0 Å². The van der Waals surface area contributed by atoms with Gasteiger partial charge in [0.15, 0.2) is 8.32 Å². The van der Waals surface area contributed by atoms with Crippen molar-refractivity contribution in [3.8, 4) is 0 Å². The summed E-state index contributed by atoms with van der Waals surface area (Å²) in [6, 6.07) is 0. The van der Waals surface area contributed by atoms with Gasteiger partial charge < -0.3 is 4.43 Å². The molecular formula is C9H22OSi. The molecule has 0 saturated carbocycles. The van der Waals surface area contributed by atoms with Gasteiger partial charge >= 0.3 is 0 Å². The van der Waals surface area contributed by atoms with E-state index in [1.807, 2.05) is 0 Å². The molecule has 0 aliphatic rings. The summed E-state index contributed by atoms with van der Waals surface area (Å²) in [4.78, 5) is 0. The van der Waals surface area contributed by atoms with Gasteiger partial charge in [-0.15, -0.1) is 0 Å². The Balaban J connectivity index is 3.91. The molecule has 68 valence electrons. The molecule has 0 bridgehead atoms. The van der Waals surface area contributed by atoms with Crippen LogP contribution in [-0.2, 0) is 4.43 Å². The van der Waals surface area contributed by atoms with Crippen molar-refractivity contribution in [2.24, 2.45) is 0 Å². The van der Waals surface area contributed by atoms with Crippen molar-refractivity contribution < 1.29 is 4.43 Å². The van der Waals surface area contributed by atoms with Crippen molar-refractivity contribution >= 4 is 8.32 Å². The van der Waals surface area contributed by atoms with Crippen LogP contribution in [0.5, 0.6) is 0 Å². The lowest BCUT2D eigenvalue weighted by atomic mass is 10.0. The lowest BCUT2D eigenvalue weighted by Crippen LogP contribution is -2.38. The Morgan fingerprint density at radius 3 is 1.91 bits per heavy atom. The smallest absolute Gasteiger partial charge is 0.184 e. The lowest BCUT2D eigenvalue weighted by Gasteiger charge is -2.32. The summed E-state index contributed by atoms with van der Waals surface area (Å²) in [6.07, 6.45) is 2.37. The van der Waals surface area contributed by atoms with Crippen molar-refractivity contribution in [3.63, 3.8) is 0 Å². The molecular weight excluding hydrogens is 152 g/mol. The van der Waals surface area contributed by atoms with E-state index in [1.54, 1.807) is 0 Å². The zero-order valence-electron chi connectivity index (χ0n) is 8.82. The fourth-order valence-electron chi connectivity index (χ4n) is 1.48. The van der Waals surface area contributed by atoms with Gasteiger partial charge in [0.1, 0.15) is 0 Å². The molecule has 0 aliphatic carbocycles. The van der Waals surface area contributed by atoms with E-state index in [0.717, 1.165) is 6.42 Å². The number of hydrogen-bond acceptors (Lipinski definition) is 1. The summed E-state index contributed by atoms with van der Waals surface area (Å²) in [6.45, 7) is 13.3. The Hall–Kier alpha value is 0.177. The molecule has 11 heavy (non-hydrogen) atoms. The van der Waals surface area contributed by atoms with Gasteiger partial charge in [-0.25, -0.2) is 0 Å². The molecule has 0 radical (unpaired) electrons. The Morgan fingerprint density at radius 1 is 1.18 bits per heavy atom. The predicted octanol–water partition coefficient (Wildman–Crippen LogP) is 3.42. The van der Waals surface area contributed by atoms with Crippen LogP contribution in [0.3, 0.4) is 0 Å². The van der Waals surface area contributed by atoms with E-state index < -0.39 is 8.32 Å². The van der Waals surface area contributed by atoms with Gasteiger partial charge in [0.2, 0.25) is 0 Å². The largest absolute Gasteiger partial charge is 0.413 e. The molecule has 0 aliphatic heterocycles. The Kier molecular flexibility index (Phi) is 3.78. The van der Waals surface area contributed by atoms with Gasteiger partial charge in [-0.2, -0.15) is 0 Å². The SMILES string of the molecule is CCCC(C)(C)O[Si](C)(C)C. The highest BCUT2D eigenvalue weighted by atomic mass is 28.4. The number of rotatable bonds is 4.